The Bertz CT molecular complexity index is 1240. The van der Waals surface area contributed by atoms with Gasteiger partial charge in [0.05, 0.1) is 23.5 Å². The van der Waals surface area contributed by atoms with Crippen molar-refractivity contribution in [1.29, 1.82) is 0 Å². The molecule has 10 nitrogen and oxygen atoms in total. The molecule has 41 heavy (non-hydrogen) atoms. The molecule has 222 valence electrons. The maximum absolute atomic E-state index is 13.4. The average Bonchev–Trinajstić information content (AvgIpc) is 3.26. The first-order chi connectivity index (χ1) is 19.5. The fraction of sp³-hybridized carbons (Fsp3) is 0.581. The van der Waals surface area contributed by atoms with Crippen LogP contribution < -0.4 is 0 Å². The number of esters is 3. The lowest BCUT2D eigenvalue weighted by atomic mass is 9.61. The number of carboxylic acid groups (broad SMARTS) is 1. The number of unbranched alkanes of at least 4 members (excludes halogenated alkanes) is 3. The molecule has 0 amide bonds. The number of Topliss-reactive ketones (excluding diaryl/α,β-unsaturated/α-hetero) is 1. The summed E-state index contributed by atoms with van der Waals surface area (Å²) >= 11 is 0. The van der Waals surface area contributed by atoms with Crippen molar-refractivity contribution in [3.63, 3.8) is 0 Å². The third-order valence-electron chi connectivity index (χ3n) is 8.84. The standard InChI is InChI=1S/C31H38O10/c1-3-5-7-8-9-11-12-18-14-23-30(17-24(34)35)16-20-25(28(37)40-27(20)36)26(31(23,39)41-29(30)38)19(18)15-22(33)21(32)13-10-6-4-2/h3-6,14,18-19,22,26,33,39H,7-13,15-17H2,1-2H3,(H,34,35)/b5-3+,6-4+/t18-,19+,22-,26+,30-,31+/m0/s1. The molecule has 0 saturated carbocycles. The van der Waals surface area contributed by atoms with Gasteiger partial charge in [0.1, 0.15) is 11.5 Å². The van der Waals surface area contributed by atoms with Crippen LogP contribution in [-0.4, -0.2) is 56.9 Å². The minimum Gasteiger partial charge on any atom is -0.481 e. The van der Waals surface area contributed by atoms with Crippen molar-refractivity contribution in [2.45, 2.75) is 89.9 Å². The van der Waals surface area contributed by atoms with Crippen molar-refractivity contribution in [3.8, 4) is 0 Å². The number of carboxylic acids is 1. The predicted molar refractivity (Wildman–Crippen MR) is 145 cm³/mol. The van der Waals surface area contributed by atoms with Gasteiger partial charge in [-0.15, -0.1) is 0 Å². The normalized spacial score (nSPS) is 31.3. The molecule has 0 radical (unpaired) electrons. The molecule has 4 bridgehead atoms. The third kappa shape index (κ3) is 5.59. The van der Waals surface area contributed by atoms with Crippen LogP contribution in [-0.2, 0) is 33.4 Å². The minimum atomic E-state index is -2.42. The zero-order valence-electron chi connectivity index (χ0n) is 23.5. The van der Waals surface area contributed by atoms with Crippen molar-refractivity contribution in [1.82, 2.24) is 0 Å². The third-order valence-corrected chi connectivity index (χ3v) is 8.84. The molecule has 2 aliphatic heterocycles. The molecule has 0 spiro atoms. The Hall–Kier alpha value is -3.37. The quantitative estimate of drug-likeness (QED) is 0.122. The molecule has 0 aromatic carbocycles. The zero-order chi connectivity index (χ0) is 29.9. The van der Waals surface area contributed by atoms with E-state index in [1.165, 1.54) is 0 Å². The van der Waals surface area contributed by atoms with E-state index < -0.39 is 77.6 Å². The Morgan fingerprint density at radius 2 is 1.78 bits per heavy atom. The number of allylic oxidation sites excluding steroid dienone is 5. The lowest BCUT2D eigenvalue weighted by molar-refractivity contribution is -0.206. The summed E-state index contributed by atoms with van der Waals surface area (Å²) in [7, 11) is 0. The number of aliphatic carboxylic acids is 1. The number of carbonyl (C=O) groups is 5. The van der Waals surface area contributed by atoms with E-state index in [2.05, 4.69) is 6.08 Å². The molecule has 1 saturated heterocycles. The van der Waals surface area contributed by atoms with E-state index in [-0.39, 0.29) is 29.6 Å². The second kappa shape index (κ2) is 12.2. The molecule has 4 rings (SSSR count). The summed E-state index contributed by atoms with van der Waals surface area (Å²) in [5.41, 5.74) is -2.19. The largest absolute Gasteiger partial charge is 0.481 e. The fourth-order valence-electron chi connectivity index (χ4n) is 6.96. The number of hydrogen-bond acceptors (Lipinski definition) is 9. The fourth-order valence-corrected chi connectivity index (χ4v) is 6.96. The SMILES string of the molecule is C/C=C/CCCCC[C@H]1C=C2[C@@]3(CC(=O)O)CC4=C(C(=O)OC4=O)[C@@H]([C@@H]1C[C@H](O)C(=O)CC/C=C/C)[C@]2(O)OC3=O. The lowest BCUT2D eigenvalue weighted by Crippen LogP contribution is -2.51. The minimum absolute atomic E-state index is 0.0291. The Morgan fingerprint density at radius 1 is 1.07 bits per heavy atom. The van der Waals surface area contributed by atoms with Gasteiger partial charge in [0.25, 0.3) is 0 Å². The molecular formula is C31H38O10. The second-order valence-corrected chi connectivity index (χ2v) is 11.4. The molecule has 1 fully saturated rings. The number of cyclic esters (lactones) is 2. The number of ether oxygens (including phenoxy) is 2. The summed E-state index contributed by atoms with van der Waals surface area (Å²) in [5, 5.41) is 32.8. The number of fused-ring (bicyclic) bond motifs is 1. The zero-order valence-corrected chi connectivity index (χ0v) is 23.5. The maximum Gasteiger partial charge on any atom is 0.343 e. The number of aliphatic hydroxyl groups excluding tert-OH is 1. The van der Waals surface area contributed by atoms with Gasteiger partial charge in [-0.1, -0.05) is 43.2 Å². The van der Waals surface area contributed by atoms with Crippen LogP contribution in [0.5, 0.6) is 0 Å². The van der Waals surface area contributed by atoms with Crippen molar-refractivity contribution in [2.24, 2.45) is 23.2 Å². The molecule has 6 atom stereocenters. The van der Waals surface area contributed by atoms with E-state index in [9.17, 15) is 39.3 Å². The molecular weight excluding hydrogens is 532 g/mol. The summed E-state index contributed by atoms with van der Waals surface area (Å²) in [4.78, 5) is 64.1. The summed E-state index contributed by atoms with van der Waals surface area (Å²) in [6, 6.07) is 0. The highest BCUT2D eigenvalue weighted by Crippen LogP contribution is 2.64. The van der Waals surface area contributed by atoms with E-state index in [1.807, 2.05) is 26.0 Å². The first kappa shape index (κ1) is 30.6. The van der Waals surface area contributed by atoms with Gasteiger partial charge in [-0.25, -0.2) is 9.59 Å². The van der Waals surface area contributed by atoms with Crippen LogP contribution in [0, 0.1) is 23.2 Å². The number of ketones is 1. The Labute approximate surface area is 238 Å². The molecule has 2 heterocycles. The van der Waals surface area contributed by atoms with Crippen LogP contribution in [0.4, 0.5) is 0 Å². The smallest absolute Gasteiger partial charge is 0.343 e. The van der Waals surface area contributed by atoms with Gasteiger partial charge in [0.2, 0.25) is 5.79 Å². The van der Waals surface area contributed by atoms with Gasteiger partial charge in [0.15, 0.2) is 5.78 Å². The average molecular weight is 571 g/mol. The number of hydrogen-bond donors (Lipinski definition) is 3. The molecule has 3 N–H and O–H groups in total. The monoisotopic (exact) mass is 570 g/mol. The molecule has 2 aliphatic carbocycles. The maximum atomic E-state index is 13.4. The summed E-state index contributed by atoms with van der Waals surface area (Å²) in [5.74, 6) is -9.70. The van der Waals surface area contributed by atoms with E-state index in [0.29, 0.717) is 12.8 Å². The van der Waals surface area contributed by atoms with Gasteiger partial charge in [0, 0.05) is 18.4 Å². The number of rotatable bonds is 14. The molecule has 10 heteroatoms. The Kier molecular flexibility index (Phi) is 9.13. The van der Waals surface area contributed by atoms with Crippen molar-refractivity contribution in [2.75, 3.05) is 0 Å². The summed E-state index contributed by atoms with van der Waals surface area (Å²) in [6.07, 6.45) is 11.0. The molecule has 0 aromatic heterocycles. The van der Waals surface area contributed by atoms with Crippen molar-refractivity contribution >= 4 is 29.7 Å². The van der Waals surface area contributed by atoms with Crippen LogP contribution in [0.15, 0.2) is 47.1 Å². The molecule has 0 unspecified atom stereocenters. The highest BCUT2D eigenvalue weighted by atomic mass is 16.7. The van der Waals surface area contributed by atoms with E-state index >= 15 is 0 Å². The highest BCUT2D eigenvalue weighted by Gasteiger charge is 2.72. The van der Waals surface area contributed by atoms with Gasteiger partial charge in [-0.3, -0.25) is 14.4 Å². The van der Waals surface area contributed by atoms with Crippen molar-refractivity contribution < 1.29 is 48.8 Å². The first-order valence-electron chi connectivity index (χ1n) is 14.3. The van der Waals surface area contributed by atoms with E-state index in [4.69, 9.17) is 9.47 Å². The van der Waals surface area contributed by atoms with Gasteiger partial charge < -0.3 is 24.8 Å². The van der Waals surface area contributed by atoms with Crippen LogP contribution in [0.1, 0.15) is 78.1 Å². The van der Waals surface area contributed by atoms with Gasteiger partial charge in [-0.05, 0) is 57.8 Å². The van der Waals surface area contributed by atoms with Crippen LogP contribution in [0.25, 0.3) is 0 Å². The predicted octanol–water partition coefficient (Wildman–Crippen LogP) is 3.47. The van der Waals surface area contributed by atoms with Crippen molar-refractivity contribution in [3.05, 3.63) is 47.1 Å². The van der Waals surface area contributed by atoms with Crippen LogP contribution in [0.2, 0.25) is 0 Å². The van der Waals surface area contributed by atoms with Crippen LogP contribution >= 0.6 is 0 Å². The first-order valence-corrected chi connectivity index (χ1v) is 14.3. The molecule has 0 aromatic rings. The van der Waals surface area contributed by atoms with E-state index in [1.54, 1.807) is 12.2 Å². The highest BCUT2D eigenvalue weighted by molar-refractivity contribution is 6.14. The topological polar surface area (TPSA) is 164 Å². The number of aliphatic hydroxyl groups is 2. The van der Waals surface area contributed by atoms with Gasteiger partial charge >= 0.3 is 23.9 Å². The Morgan fingerprint density at radius 3 is 2.46 bits per heavy atom. The van der Waals surface area contributed by atoms with E-state index in [0.717, 1.165) is 25.7 Å². The Balaban J connectivity index is 1.80. The summed E-state index contributed by atoms with van der Waals surface area (Å²) < 4.78 is 10.4. The summed E-state index contributed by atoms with van der Waals surface area (Å²) in [6.45, 7) is 3.77. The number of carbonyl (C=O) groups excluding carboxylic acids is 4. The van der Waals surface area contributed by atoms with Crippen LogP contribution in [0.3, 0.4) is 0 Å². The lowest BCUT2D eigenvalue weighted by Gasteiger charge is -2.45. The second-order valence-electron chi connectivity index (χ2n) is 11.4. The molecule has 4 aliphatic rings. The van der Waals surface area contributed by atoms with Gasteiger partial charge in [-0.2, -0.15) is 0 Å².